The van der Waals surface area contributed by atoms with E-state index in [0.717, 1.165) is 27.6 Å². The lowest BCUT2D eigenvalue weighted by Gasteiger charge is -2.33. The number of halogens is 1. The number of benzene rings is 3. The molecule has 0 bridgehead atoms. The van der Waals surface area contributed by atoms with E-state index < -0.39 is 39.9 Å². The first-order chi connectivity index (χ1) is 19.7. The van der Waals surface area contributed by atoms with E-state index in [1.54, 1.807) is 6.92 Å². The van der Waals surface area contributed by atoms with E-state index in [1.807, 2.05) is 52.0 Å². The van der Waals surface area contributed by atoms with Gasteiger partial charge in [0.25, 0.3) is 10.0 Å². The number of methoxy groups -OCH3 is 2. The third kappa shape index (κ3) is 7.79. The van der Waals surface area contributed by atoms with Gasteiger partial charge in [0.05, 0.1) is 24.8 Å². The predicted octanol–water partition coefficient (Wildman–Crippen LogP) is 4.68. The van der Waals surface area contributed by atoms with Crippen LogP contribution in [0.25, 0.3) is 0 Å². The monoisotopic (exact) mass is 599 g/mol. The summed E-state index contributed by atoms with van der Waals surface area (Å²) < 4.78 is 53.3. The third-order valence-electron chi connectivity index (χ3n) is 6.60. The number of nitrogens with zero attached hydrogens (tertiary/aromatic N) is 2. The summed E-state index contributed by atoms with van der Waals surface area (Å²) in [5.41, 5.74) is 1.23. The molecular weight excluding hydrogens is 561 g/mol. The Labute approximate surface area is 247 Å². The first-order valence-corrected chi connectivity index (χ1v) is 14.8. The summed E-state index contributed by atoms with van der Waals surface area (Å²) >= 11 is 0. The fraction of sp³-hybridized carbons (Fsp3) is 0.355. The van der Waals surface area contributed by atoms with Gasteiger partial charge >= 0.3 is 0 Å². The molecule has 1 atom stereocenters. The Morgan fingerprint density at radius 1 is 0.952 bits per heavy atom. The summed E-state index contributed by atoms with van der Waals surface area (Å²) in [4.78, 5) is 28.4. The number of hydrogen-bond acceptors (Lipinski definition) is 6. The molecule has 226 valence electrons. The van der Waals surface area contributed by atoms with Gasteiger partial charge in [-0.05, 0) is 82.1 Å². The van der Waals surface area contributed by atoms with E-state index in [9.17, 15) is 22.4 Å². The zero-order valence-corrected chi connectivity index (χ0v) is 25.8. The summed E-state index contributed by atoms with van der Waals surface area (Å²) in [6.45, 7) is 8.40. The highest BCUT2D eigenvalue weighted by molar-refractivity contribution is 7.92. The van der Waals surface area contributed by atoms with Crippen molar-refractivity contribution in [3.05, 3.63) is 83.7 Å². The molecule has 0 aliphatic carbocycles. The topological polar surface area (TPSA) is 105 Å². The van der Waals surface area contributed by atoms with E-state index in [4.69, 9.17) is 9.47 Å². The van der Waals surface area contributed by atoms with Crippen LogP contribution in [0.4, 0.5) is 10.1 Å². The molecule has 3 aromatic carbocycles. The summed E-state index contributed by atoms with van der Waals surface area (Å²) in [5.74, 6) is -1.08. The summed E-state index contributed by atoms with van der Waals surface area (Å²) in [6.07, 6.45) is 0. The van der Waals surface area contributed by atoms with Gasteiger partial charge in [-0.2, -0.15) is 0 Å². The van der Waals surface area contributed by atoms with Crippen LogP contribution in [0.3, 0.4) is 0 Å². The number of anilines is 1. The van der Waals surface area contributed by atoms with Crippen LogP contribution in [-0.4, -0.2) is 57.5 Å². The molecule has 42 heavy (non-hydrogen) atoms. The van der Waals surface area contributed by atoms with Crippen LogP contribution in [0.1, 0.15) is 38.8 Å². The number of aryl methyl sites for hydroxylation is 1. The van der Waals surface area contributed by atoms with Crippen LogP contribution in [0.5, 0.6) is 11.5 Å². The highest BCUT2D eigenvalue weighted by Crippen LogP contribution is 2.32. The quantitative estimate of drug-likeness (QED) is 0.343. The zero-order valence-electron chi connectivity index (χ0n) is 25.0. The van der Waals surface area contributed by atoms with Crippen molar-refractivity contribution in [1.29, 1.82) is 0 Å². The average Bonchev–Trinajstić information content (AvgIpc) is 2.94. The minimum atomic E-state index is -4.38. The lowest BCUT2D eigenvalue weighted by Crippen LogP contribution is -2.54. The molecule has 1 unspecified atom stereocenters. The van der Waals surface area contributed by atoms with Crippen molar-refractivity contribution in [2.75, 3.05) is 25.1 Å². The second-order valence-corrected chi connectivity index (χ2v) is 12.7. The summed E-state index contributed by atoms with van der Waals surface area (Å²) in [6, 6.07) is 15.4. The largest absolute Gasteiger partial charge is 0.493 e. The van der Waals surface area contributed by atoms with Crippen LogP contribution in [0.15, 0.2) is 71.6 Å². The molecule has 9 nitrogen and oxygen atoms in total. The van der Waals surface area contributed by atoms with Crippen LogP contribution in [-0.2, 0) is 26.2 Å². The summed E-state index contributed by atoms with van der Waals surface area (Å²) in [7, 11) is -1.58. The Balaban J connectivity index is 2.09. The van der Waals surface area contributed by atoms with Crippen LogP contribution >= 0.6 is 0 Å². The van der Waals surface area contributed by atoms with E-state index >= 15 is 0 Å². The minimum Gasteiger partial charge on any atom is -0.493 e. The van der Waals surface area contributed by atoms with Gasteiger partial charge < -0.3 is 19.7 Å². The van der Waals surface area contributed by atoms with Gasteiger partial charge in [-0.25, -0.2) is 12.8 Å². The van der Waals surface area contributed by atoms with E-state index in [-0.39, 0.29) is 28.8 Å². The fourth-order valence-corrected chi connectivity index (χ4v) is 5.70. The fourth-order valence-electron chi connectivity index (χ4n) is 4.27. The van der Waals surface area contributed by atoms with Gasteiger partial charge in [-0.1, -0.05) is 24.3 Å². The number of ether oxygens (including phenoxy) is 2. The molecule has 0 fully saturated rings. The molecule has 0 saturated heterocycles. The molecule has 0 spiro atoms. The SMILES string of the molecule is COc1ccc(S(=O)(=O)N(CC(=O)N(Cc2ccccc2C)C(C)C(=O)NC(C)(C)C)c2ccc(F)cc2)cc1OC. The van der Waals surface area contributed by atoms with Gasteiger partial charge in [-0.15, -0.1) is 0 Å². The Hall–Kier alpha value is -4.12. The highest BCUT2D eigenvalue weighted by atomic mass is 32.2. The maximum atomic E-state index is 14.0. The highest BCUT2D eigenvalue weighted by Gasteiger charge is 2.34. The van der Waals surface area contributed by atoms with Crippen molar-refractivity contribution in [2.45, 2.75) is 57.6 Å². The maximum absolute atomic E-state index is 14.0. The normalized spacial score (nSPS) is 12.3. The lowest BCUT2D eigenvalue weighted by molar-refractivity contribution is -0.140. The second kappa shape index (κ2) is 13.2. The molecule has 1 N–H and O–H groups in total. The predicted molar refractivity (Wildman–Crippen MR) is 160 cm³/mol. The van der Waals surface area contributed by atoms with Crippen LogP contribution in [0.2, 0.25) is 0 Å². The van der Waals surface area contributed by atoms with Gasteiger partial charge in [0, 0.05) is 18.2 Å². The molecule has 0 aliphatic rings. The summed E-state index contributed by atoms with van der Waals surface area (Å²) in [5, 5.41) is 2.89. The second-order valence-electron chi connectivity index (χ2n) is 10.9. The average molecular weight is 600 g/mol. The molecule has 0 radical (unpaired) electrons. The first-order valence-electron chi connectivity index (χ1n) is 13.3. The van der Waals surface area contributed by atoms with Crippen molar-refractivity contribution >= 4 is 27.5 Å². The number of carbonyl (C=O) groups is 2. The van der Waals surface area contributed by atoms with Crippen molar-refractivity contribution in [3.63, 3.8) is 0 Å². The molecule has 3 rings (SSSR count). The van der Waals surface area contributed by atoms with Gasteiger partial charge in [0.1, 0.15) is 18.4 Å². The molecule has 0 aliphatic heterocycles. The van der Waals surface area contributed by atoms with Crippen LogP contribution in [0, 0.1) is 12.7 Å². The van der Waals surface area contributed by atoms with Gasteiger partial charge in [0.15, 0.2) is 11.5 Å². The molecule has 2 amide bonds. The standard InChI is InChI=1S/C31H38FN3O6S/c1-21-10-8-9-11-23(21)19-34(22(2)30(37)33-31(3,4)5)29(36)20-35(25-14-12-24(32)13-15-25)42(38,39)26-16-17-27(40-6)28(18-26)41-7/h8-18,22H,19-20H2,1-7H3,(H,33,37). The number of rotatable bonds is 11. The van der Waals surface area contributed by atoms with E-state index in [0.29, 0.717) is 5.75 Å². The maximum Gasteiger partial charge on any atom is 0.264 e. The molecule has 0 saturated carbocycles. The smallest absolute Gasteiger partial charge is 0.264 e. The number of carbonyl (C=O) groups excluding carboxylic acids is 2. The number of sulfonamides is 1. The molecule has 0 heterocycles. The number of hydrogen-bond donors (Lipinski definition) is 1. The Morgan fingerprint density at radius 3 is 2.14 bits per heavy atom. The minimum absolute atomic E-state index is 0.0674. The Morgan fingerprint density at radius 2 is 1.57 bits per heavy atom. The van der Waals surface area contributed by atoms with E-state index in [1.165, 1.54) is 49.5 Å². The van der Waals surface area contributed by atoms with Crippen molar-refractivity contribution in [2.24, 2.45) is 0 Å². The van der Waals surface area contributed by atoms with Crippen molar-refractivity contribution < 1.29 is 31.9 Å². The zero-order chi connectivity index (χ0) is 31.2. The Kier molecular flexibility index (Phi) is 10.2. The molecule has 0 aromatic heterocycles. The molecule has 3 aromatic rings. The van der Waals surface area contributed by atoms with Gasteiger partial charge in [-0.3, -0.25) is 13.9 Å². The first kappa shape index (κ1) is 32.4. The Bertz CT molecular complexity index is 1520. The van der Waals surface area contributed by atoms with Crippen LogP contribution < -0.4 is 19.1 Å². The number of amides is 2. The van der Waals surface area contributed by atoms with E-state index in [2.05, 4.69) is 5.32 Å². The van der Waals surface area contributed by atoms with Gasteiger partial charge in [0.2, 0.25) is 11.8 Å². The molecule has 11 heteroatoms. The lowest BCUT2D eigenvalue weighted by atomic mass is 10.1. The third-order valence-corrected chi connectivity index (χ3v) is 8.37. The molecular formula is C31H38FN3O6S. The van der Waals surface area contributed by atoms with Crippen molar-refractivity contribution in [1.82, 2.24) is 10.2 Å². The van der Waals surface area contributed by atoms with Crippen molar-refractivity contribution in [3.8, 4) is 11.5 Å². The number of nitrogens with one attached hydrogen (secondary N) is 1.